The van der Waals surface area contributed by atoms with Gasteiger partial charge in [-0.3, -0.25) is 4.57 Å². The van der Waals surface area contributed by atoms with Gasteiger partial charge in [-0.1, -0.05) is 17.7 Å². The second kappa shape index (κ2) is 7.15. The molecule has 1 N–H and O–H groups in total. The largest absolute Gasteiger partial charge is 0.494 e. The van der Waals surface area contributed by atoms with Crippen LogP contribution < -0.4 is 10.1 Å². The minimum absolute atomic E-state index is 0.556. The Morgan fingerprint density at radius 3 is 2.74 bits per heavy atom. The minimum atomic E-state index is 0.556. The van der Waals surface area contributed by atoms with Crippen molar-refractivity contribution < 1.29 is 4.74 Å². The maximum absolute atomic E-state index is 6.05. The number of nitrogens with zero attached hydrogens (tertiary/aromatic N) is 3. The van der Waals surface area contributed by atoms with Crippen LogP contribution in [0, 0.1) is 0 Å². The molecule has 0 atom stereocenters. The van der Waals surface area contributed by atoms with E-state index in [0.717, 1.165) is 22.9 Å². The number of benzene rings is 2. The number of ether oxygens (including phenoxy) is 1. The third-order valence-corrected chi connectivity index (χ3v) is 3.56. The highest BCUT2D eigenvalue weighted by Crippen LogP contribution is 2.18. The second-order valence-corrected chi connectivity index (χ2v) is 5.34. The van der Waals surface area contributed by atoms with Crippen LogP contribution >= 0.6 is 11.6 Å². The lowest BCUT2D eigenvalue weighted by Crippen LogP contribution is -2.07. The Morgan fingerprint density at radius 1 is 1.17 bits per heavy atom. The Hall–Kier alpha value is -2.53. The van der Waals surface area contributed by atoms with Gasteiger partial charge < -0.3 is 10.1 Å². The lowest BCUT2D eigenvalue weighted by Gasteiger charge is -2.10. The maximum Gasteiger partial charge on any atom is 0.156 e. The van der Waals surface area contributed by atoms with Crippen molar-refractivity contribution in [2.45, 2.75) is 13.5 Å². The molecule has 0 radical (unpaired) electrons. The first kappa shape index (κ1) is 15.4. The molecule has 0 aliphatic carbocycles. The monoisotopic (exact) mass is 328 g/mol. The number of hydrogen-bond donors (Lipinski definition) is 1. The summed E-state index contributed by atoms with van der Waals surface area (Å²) >= 11 is 6.05. The second-order valence-electron chi connectivity index (χ2n) is 4.91. The van der Waals surface area contributed by atoms with E-state index in [1.807, 2.05) is 60.0 Å². The molecule has 5 nitrogen and oxygen atoms in total. The standard InChI is InChI=1S/C17H17ClN4O/c1-2-23-16-8-6-14(7-9-16)19-11-17-21-20-12-22(17)15-5-3-4-13(18)10-15/h3-10,12,19H,2,11H2,1H3. The lowest BCUT2D eigenvalue weighted by molar-refractivity contribution is 0.340. The Labute approximate surface area is 139 Å². The zero-order chi connectivity index (χ0) is 16.1. The Morgan fingerprint density at radius 2 is 2.00 bits per heavy atom. The average molecular weight is 329 g/mol. The molecule has 0 fully saturated rings. The summed E-state index contributed by atoms with van der Waals surface area (Å²) in [5, 5.41) is 12.2. The van der Waals surface area contributed by atoms with Crippen LogP contribution in [0.25, 0.3) is 5.69 Å². The summed E-state index contributed by atoms with van der Waals surface area (Å²) in [6.45, 7) is 3.19. The molecule has 0 spiro atoms. The van der Waals surface area contributed by atoms with E-state index in [-0.39, 0.29) is 0 Å². The van der Waals surface area contributed by atoms with E-state index in [2.05, 4.69) is 15.5 Å². The van der Waals surface area contributed by atoms with Gasteiger partial charge in [0.25, 0.3) is 0 Å². The van der Waals surface area contributed by atoms with Gasteiger partial charge in [0.1, 0.15) is 12.1 Å². The van der Waals surface area contributed by atoms with Crippen LogP contribution in [0.2, 0.25) is 5.02 Å². The van der Waals surface area contributed by atoms with E-state index < -0.39 is 0 Å². The summed E-state index contributed by atoms with van der Waals surface area (Å²) in [5.74, 6) is 1.67. The number of halogens is 1. The van der Waals surface area contributed by atoms with E-state index in [4.69, 9.17) is 16.3 Å². The van der Waals surface area contributed by atoms with E-state index >= 15 is 0 Å². The molecule has 0 aliphatic heterocycles. The van der Waals surface area contributed by atoms with Crippen LogP contribution in [0.4, 0.5) is 5.69 Å². The highest BCUT2D eigenvalue weighted by Gasteiger charge is 2.06. The molecule has 23 heavy (non-hydrogen) atoms. The van der Waals surface area contributed by atoms with E-state index in [1.165, 1.54) is 0 Å². The molecule has 0 saturated heterocycles. The molecular formula is C17H17ClN4O. The molecule has 6 heteroatoms. The molecule has 0 saturated carbocycles. The van der Waals surface area contributed by atoms with Crippen molar-refractivity contribution in [3.63, 3.8) is 0 Å². The summed E-state index contributed by atoms with van der Waals surface area (Å²) < 4.78 is 7.34. The topological polar surface area (TPSA) is 52.0 Å². The molecular weight excluding hydrogens is 312 g/mol. The van der Waals surface area contributed by atoms with Gasteiger partial charge in [0.05, 0.1) is 13.2 Å². The summed E-state index contributed by atoms with van der Waals surface area (Å²) in [7, 11) is 0. The fourth-order valence-corrected chi connectivity index (χ4v) is 2.42. The van der Waals surface area contributed by atoms with Crippen LogP contribution in [-0.4, -0.2) is 21.4 Å². The van der Waals surface area contributed by atoms with Gasteiger partial charge >= 0.3 is 0 Å². The van der Waals surface area contributed by atoms with E-state index in [1.54, 1.807) is 6.33 Å². The van der Waals surface area contributed by atoms with Crippen LogP contribution in [0.15, 0.2) is 54.9 Å². The third-order valence-electron chi connectivity index (χ3n) is 3.32. The lowest BCUT2D eigenvalue weighted by atomic mass is 10.3. The van der Waals surface area contributed by atoms with Crippen molar-refractivity contribution in [2.75, 3.05) is 11.9 Å². The normalized spacial score (nSPS) is 10.5. The van der Waals surface area contributed by atoms with Gasteiger partial charge in [0, 0.05) is 16.4 Å². The summed E-state index contributed by atoms with van der Waals surface area (Å²) in [5.41, 5.74) is 1.93. The SMILES string of the molecule is CCOc1ccc(NCc2nncn2-c2cccc(Cl)c2)cc1. The number of hydrogen-bond acceptors (Lipinski definition) is 4. The van der Waals surface area contributed by atoms with Crippen molar-refractivity contribution in [2.24, 2.45) is 0 Å². The van der Waals surface area contributed by atoms with Crippen molar-refractivity contribution >= 4 is 17.3 Å². The van der Waals surface area contributed by atoms with Crippen molar-refractivity contribution in [3.8, 4) is 11.4 Å². The molecule has 0 aliphatic rings. The highest BCUT2D eigenvalue weighted by atomic mass is 35.5. The molecule has 3 rings (SSSR count). The van der Waals surface area contributed by atoms with Crippen LogP contribution in [-0.2, 0) is 6.54 Å². The Kier molecular flexibility index (Phi) is 4.78. The van der Waals surface area contributed by atoms with Gasteiger partial charge in [0.2, 0.25) is 0 Å². The zero-order valence-corrected chi connectivity index (χ0v) is 13.5. The Bertz CT molecular complexity index is 770. The maximum atomic E-state index is 6.05. The van der Waals surface area contributed by atoms with Gasteiger partial charge in [-0.2, -0.15) is 0 Å². The first-order valence-electron chi connectivity index (χ1n) is 7.38. The Balaban J connectivity index is 1.71. The molecule has 0 unspecified atom stereocenters. The summed E-state index contributed by atoms with van der Waals surface area (Å²) in [4.78, 5) is 0. The minimum Gasteiger partial charge on any atom is -0.494 e. The molecule has 0 bridgehead atoms. The molecule has 2 aromatic carbocycles. The van der Waals surface area contributed by atoms with E-state index in [9.17, 15) is 0 Å². The fourth-order valence-electron chi connectivity index (χ4n) is 2.24. The smallest absolute Gasteiger partial charge is 0.156 e. The number of rotatable bonds is 6. The van der Waals surface area contributed by atoms with Gasteiger partial charge in [0.15, 0.2) is 5.82 Å². The predicted octanol–water partition coefficient (Wildman–Crippen LogP) is 3.93. The number of aromatic nitrogens is 3. The number of anilines is 1. The number of nitrogens with one attached hydrogen (secondary N) is 1. The fraction of sp³-hybridized carbons (Fsp3) is 0.176. The van der Waals surface area contributed by atoms with Crippen molar-refractivity contribution in [3.05, 3.63) is 65.7 Å². The average Bonchev–Trinajstić information content (AvgIpc) is 3.03. The predicted molar refractivity (Wildman–Crippen MR) is 91.3 cm³/mol. The first-order valence-corrected chi connectivity index (χ1v) is 7.75. The molecule has 3 aromatic rings. The third kappa shape index (κ3) is 3.81. The molecule has 1 heterocycles. The molecule has 118 valence electrons. The first-order chi connectivity index (χ1) is 11.3. The summed E-state index contributed by atoms with van der Waals surface area (Å²) in [6, 6.07) is 15.4. The zero-order valence-electron chi connectivity index (χ0n) is 12.7. The van der Waals surface area contributed by atoms with Gasteiger partial charge in [-0.05, 0) is 49.4 Å². The summed E-state index contributed by atoms with van der Waals surface area (Å²) in [6.07, 6.45) is 1.68. The molecule has 0 amide bonds. The van der Waals surface area contributed by atoms with Crippen LogP contribution in [0.1, 0.15) is 12.7 Å². The van der Waals surface area contributed by atoms with Crippen LogP contribution in [0.3, 0.4) is 0 Å². The van der Waals surface area contributed by atoms with Crippen LogP contribution in [0.5, 0.6) is 5.75 Å². The highest BCUT2D eigenvalue weighted by molar-refractivity contribution is 6.30. The van der Waals surface area contributed by atoms with Gasteiger partial charge in [-0.15, -0.1) is 10.2 Å². The van der Waals surface area contributed by atoms with Crippen molar-refractivity contribution in [1.82, 2.24) is 14.8 Å². The van der Waals surface area contributed by atoms with Gasteiger partial charge in [-0.25, -0.2) is 0 Å². The van der Waals surface area contributed by atoms with Crippen molar-refractivity contribution in [1.29, 1.82) is 0 Å². The molecule has 1 aromatic heterocycles. The van der Waals surface area contributed by atoms with E-state index in [0.29, 0.717) is 18.2 Å². The quantitative estimate of drug-likeness (QED) is 0.745.